The Morgan fingerprint density at radius 3 is 2.57 bits per heavy atom. The van der Waals surface area contributed by atoms with Crippen molar-refractivity contribution in [2.75, 3.05) is 7.11 Å². The highest BCUT2D eigenvalue weighted by Crippen LogP contribution is 2.26. The Labute approximate surface area is 188 Å². The van der Waals surface area contributed by atoms with Crippen LogP contribution in [0.3, 0.4) is 0 Å². The van der Waals surface area contributed by atoms with Gasteiger partial charge in [0.2, 0.25) is 5.91 Å². The van der Waals surface area contributed by atoms with Crippen molar-refractivity contribution in [3.63, 3.8) is 0 Å². The molecule has 0 aliphatic heterocycles. The van der Waals surface area contributed by atoms with Crippen LogP contribution in [0.25, 0.3) is 11.4 Å². The number of nitrogens with zero attached hydrogens (tertiary/aromatic N) is 2. The smallest absolute Gasteiger partial charge is 0.307 e. The maximum Gasteiger partial charge on any atom is 0.307 e. The summed E-state index contributed by atoms with van der Waals surface area (Å²) in [6.07, 6.45) is -0.0627. The van der Waals surface area contributed by atoms with E-state index < -0.39 is 12.0 Å². The molecule has 0 fully saturated rings. The van der Waals surface area contributed by atoms with E-state index >= 15 is 0 Å². The van der Waals surface area contributed by atoms with Crippen LogP contribution < -0.4 is 5.32 Å². The molecule has 1 heterocycles. The number of halogens is 2. The van der Waals surface area contributed by atoms with Gasteiger partial charge in [-0.3, -0.25) is 19.3 Å². The average Bonchev–Trinajstić information content (AvgIpc) is 3.08. The van der Waals surface area contributed by atoms with Gasteiger partial charge in [-0.25, -0.2) is 0 Å². The van der Waals surface area contributed by atoms with Gasteiger partial charge in [-0.15, -0.1) is 0 Å². The molecule has 3 rings (SSSR count). The number of H-pyrrole nitrogens is 1. The maximum atomic E-state index is 12.8. The fourth-order valence-electron chi connectivity index (χ4n) is 2.91. The van der Waals surface area contributed by atoms with Crippen LogP contribution >= 0.6 is 35.4 Å². The SMILES string of the molecule is COC(=O)CC(NC(=O)Cn1c(-c2ccc(Cl)cc2)n[nH]c1=S)c1ccccc1Cl. The van der Waals surface area contributed by atoms with Gasteiger partial charge >= 0.3 is 5.97 Å². The van der Waals surface area contributed by atoms with Crippen molar-refractivity contribution in [2.45, 2.75) is 19.0 Å². The fourth-order valence-corrected chi connectivity index (χ4v) is 3.50. The van der Waals surface area contributed by atoms with Crippen LogP contribution in [0.2, 0.25) is 10.0 Å². The van der Waals surface area contributed by atoms with Crippen molar-refractivity contribution in [3.05, 3.63) is 68.9 Å². The Hall–Kier alpha value is -2.68. The van der Waals surface area contributed by atoms with Crippen molar-refractivity contribution in [2.24, 2.45) is 0 Å². The first-order valence-electron chi connectivity index (χ1n) is 8.90. The van der Waals surface area contributed by atoms with E-state index in [0.29, 0.717) is 21.4 Å². The molecule has 156 valence electrons. The fraction of sp³-hybridized carbons (Fsp3) is 0.200. The Morgan fingerprint density at radius 2 is 1.90 bits per heavy atom. The number of hydrogen-bond acceptors (Lipinski definition) is 5. The summed E-state index contributed by atoms with van der Waals surface area (Å²) in [4.78, 5) is 24.7. The molecule has 30 heavy (non-hydrogen) atoms. The van der Waals surface area contributed by atoms with Gasteiger partial charge in [0.15, 0.2) is 10.6 Å². The summed E-state index contributed by atoms with van der Waals surface area (Å²) in [7, 11) is 1.29. The molecule has 0 saturated heterocycles. The van der Waals surface area contributed by atoms with Crippen LogP contribution in [0, 0.1) is 4.77 Å². The molecule has 0 aliphatic carbocycles. The molecule has 0 saturated carbocycles. The number of esters is 1. The van der Waals surface area contributed by atoms with Crippen LogP contribution in [0.1, 0.15) is 18.0 Å². The van der Waals surface area contributed by atoms with Gasteiger partial charge in [0.05, 0.1) is 19.6 Å². The number of carbonyl (C=O) groups excluding carboxylic acids is 2. The average molecular weight is 465 g/mol. The van der Waals surface area contributed by atoms with E-state index in [-0.39, 0.29) is 23.6 Å². The van der Waals surface area contributed by atoms with Crippen molar-refractivity contribution in [1.82, 2.24) is 20.1 Å². The molecule has 0 aliphatic rings. The molecule has 1 aromatic heterocycles. The Bertz CT molecular complexity index is 1110. The molecule has 2 N–H and O–H groups in total. The number of ether oxygens (including phenoxy) is 1. The molecule has 0 spiro atoms. The van der Waals surface area contributed by atoms with Gasteiger partial charge in [0.25, 0.3) is 0 Å². The third-order valence-electron chi connectivity index (χ3n) is 4.38. The van der Waals surface area contributed by atoms with Gasteiger partial charge in [-0.2, -0.15) is 5.10 Å². The second-order valence-corrected chi connectivity index (χ2v) is 7.60. The van der Waals surface area contributed by atoms with E-state index in [9.17, 15) is 9.59 Å². The normalized spacial score (nSPS) is 11.7. The third-order valence-corrected chi connectivity index (χ3v) is 5.28. The molecule has 1 atom stereocenters. The number of aromatic amines is 1. The van der Waals surface area contributed by atoms with Gasteiger partial charge in [-0.05, 0) is 48.1 Å². The highest BCUT2D eigenvalue weighted by molar-refractivity contribution is 7.71. The van der Waals surface area contributed by atoms with E-state index in [0.717, 1.165) is 5.56 Å². The number of amides is 1. The zero-order chi connectivity index (χ0) is 21.7. The monoisotopic (exact) mass is 464 g/mol. The van der Waals surface area contributed by atoms with Crippen LogP contribution in [0.4, 0.5) is 0 Å². The summed E-state index contributed by atoms with van der Waals surface area (Å²) in [5.41, 5.74) is 1.36. The van der Waals surface area contributed by atoms with Crippen LogP contribution in [0.5, 0.6) is 0 Å². The van der Waals surface area contributed by atoms with Crippen LogP contribution in [-0.2, 0) is 20.9 Å². The van der Waals surface area contributed by atoms with Crippen molar-refractivity contribution in [3.8, 4) is 11.4 Å². The first kappa shape index (κ1) is 22.0. The maximum absolute atomic E-state index is 12.8. The summed E-state index contributed by atoms with van der Waals surface area (Å²) in [5, 5.41) is 10.8. The molecular formula is C20H18Cl2N4O3S. The highest BCUT2D eigenvalue weighted by atomic mass is 35.5. The minimum Gasteiger partial charge on any atom is -0.469 e. The number of rotatable bonds is 7. The molecular weight excluding hydrogens is 447 g/mol. The summed E-state index contributed by atoms with van der Waals surface area (Å²) in [5.74, 6) is -0.340. The topological polar surface area (TPSA) is 89.0 Å². The van der Waals surface area contributed by atoms with Gasteiger partial charge < -0.3 is 10.1 Å². The number of hydrogen-bond donors (Lipinski definition) is 2. The summed E-state index contributed by atoms with van der Waals surface area (Å²) < 4.78 is 6.61. The van der Waals surface area contributed by atoms with E-state index in [2.05, 4.69) is 15.5 Å². The lowest BCUT2D eigenvalue weighted by atomic mass is 10.0. The minimum absolute atomic E-state index is 0.0627. The van der Waals surface area contributed by atoms with Crippen molar-refractivity contribution >= 4 is 47.3 Å². The predicted molar refractivity (Wildman–Crippen MR) is 117 cm³/mol. The highest BCUT2D eigenvalue weighted by Gasteiger charge is 2.22. The zero-order valence-electron chi connectivity index (χ0n) is 15.9. The second-order valence-electron chi connectivity index (χ2n) is 6.37. The molecule has 1 amide bonds. The number of methoxy groups -OCH3 is 1. The van der Waals surface area contributed by atoms with E-state index in [1.807, 2.05) is 0 Å². The Kier molecular flexibility index (Phi) is 7.25. The standard InChI is InChI=1S/C20H18Cl2N4O3S/c1-29-18(28)10-16(14-4-2-3-5-15(14)22)23-17(27)11-26-19(24-25-20(26)30)12-6-8-13(21)9-7-12/h2-9,16H,10-11H2,1H3,(H,23,27)(H,25,30). The summed E-state index contributed by atoms with van der Waals surface area (Å²) in [6.45, 7) is -0.102. The molecule has 3 aromatic rings. The predicted octanol–water partition coefficient (Wildman–Crippen LogP) is 4.34. The lowest BCUT2D eigenvalue weighted by Gasteiger charge is -2.19. The molecule has 2 aromatic carbocycles. The quantitative estimate of drug-likeness (QED) is 0.401. The number of carbonyl (C=O) groups is 2. The van der Waals surface area contributed by atoms with Crippen molar-refractivity contribution < 1.29 is 14.3 Å². The van der Waals surface area contributed by atoms with Crippen LogP contribution in [-0.4, -0.2) is 33.8 Å². The number of nitrogens with one attached hydrogen (secondary N) is 2. The lowest BCUT2D eigenvalue weighted by Crippen LogP contribution is -2.33. The van der Waals surface area contributed by atoms with E-state index in [4.69, 9.17) is 40.2 Å². The van der Waals surface area contributed by atoms with E-state index in [1.165, 1.54) is 7.11 Å². The van der Waals surface area contributed by atoms with Gasteiger partial charge in [0, 0.05) is 15.6 Å². The lowest BCUT2D eigenvalue weighted by molar-refractivity contribution is -0.141. The van der Waals surface area contributed by atoms with Crippen molar-refractivity contribution in [1.29, 1.82) is 0 Å². The molecule has 1 unspecified atom stereocenters. The van der Waals surface area contributed by atoms with Gasteiger partial charge in [-0.1, -0.05) is 41.4 Å². The zero-order valence-corrected chi connectivity index (χ0v) is 18.2. The first-order valence-corrected chi connectivity index (χ1v) is 10.1. The molecule has 0 radical (unpaired) electrons. The number of aromatic nitrogens is 3. The second kappa shape index (κ2) is 9.88. The van der Waals surface area contributed by atoms with E-state index in [1.54, 1.807) is 53.1 Å². The van der Waals surface area contributed by atoms with Gasteiger partial charge in [0.1, 0.15) is 6.54 Å². The first-order chi connectivity index (χ1) is 14.4. The Morgan fingerprint density at radius 1 is 1.20 bits per heavy atom. The Balaban J connectivity index is 1.83. The van der Waals surface area contributed by atoms with Crippen LogP contribution in [0.15, 0.2) is 48.5 Å². The molecule has 0 bridgehead atoms. The molecule has 7 nitrogen and oxygen atoms in total. The number of benzene rings is 2. The largest absolute Gasteiger partial charge is 0.469 e. The summed E-state index contributed by atoms with van der Waals surface area (Å²) in [6, 6.07) is 13.4. The molecule has 10 heteroatoms. The third kappa shape index (κ3) is 5.27. The summed E-state index contributed by atoms with van der Waals surface area (Å²) >= 11 is 17.5. The minimum atomic E-state index is -0.654.